The summed E-state index contributed by atoms with van der Waals surface area (Å²) in [5.74, 6) is -3.19. The number of aliphatic carboxylic acids is 2. The molecule has 0 atom stereocenters. The van der Waals surface area contributed by atoms with Crippen molar-refractivity contribution in [2.24, 2.45) is 16.2 Å². The van der Waals surface area contributed by atoms with Crippen molar-refractivity contribution < 1.29 is 19.8 Å². The molecule has 0 N–H and O–H groups in total. The molecule has 0 heterocycles. The van der Waals surface area contributed by atoms with E-state index >= 15 is 0 Å². The van der Waals surface area contributed by atoms with Gasteiger partial charge >= 0.3 is 48.9 Å². The molecule has 0 unspecified atom stereocenters. The average Bonchev–Trinajstić information content (AvgIpc) is 1.75. The fraction of sp³-hybridized carbons (Fsp3) is 0.818. The Balaban J connectivity index is 0. The van der Waals surface area contributed by atoms with Gasteiger partial charge in [0.1, 0.15) is 0 Å². The van der Waals surface area contributed by atoms with Gasteiger partial charge in [0.05, 0.1) is 17.4 Å². The molecule has 0 aromatic heterocycles. The van der Waals surface area contributed by atoms with Gasteiger partial charge in [0, 0.05) is 0 Å². The van der Waals surface area contributed by atoms with Crippen molar-refractivity contribution in [1.82, 2.24) is 0 Å². The first-order valence-corrected chi connectivity index (χ1v) is 4.82. The molecular formula is C11H18BaO4. The summed E-state index contributed by atoms with van der Waals surface area (Å²) in [6.07, 6.45) is 0. The zero-order chi connectivity index (χ0) is 12.7. The van der Waals surface area contributed by atoms with Gasteiger partial charge in [0.15, 0.2) is 0 Å². The fourth-order valence-electron chi connectivity index (χ4n) is 2.43. The van der Waals surface area contributed by atoms with Gasteiger partial charge in [-0.15, -0.1) is 0 Å². The van der Waals surface area contributed by atoms with E-state index in [1.54, 1.807) is 41.5 Å². The number of carbonyl (C=O) groups excluding carboxylic acids is 2. The number of carbonyl (C=O) groups is 2. The molecule has 16 heavy (non-hydrogen) atoms. The molecule has 0 aromatic rings. The fourth-order valence-corrected chi connectivity index (χ4v) is 2.43. The molecule has 0 radical (unpaired) electrons. The normalized spacial score (nSPS) is 12.9. The van der Waals surface area contributed by atoms with Crippen molar-refractivity contribution in [1.29, 1.82) is 0 Å². The summed E-state index contributed by atoms with van der Waals surface area (Å²) in [5.41, 5.74) is -3.98. The maximum Gasteiger partial charge on any atom is 2.00 e. The molecule has 88 valence electrons. The topological polar surface area (TPSA) is 80.3 Å². The van der Waals surface area contributed by atoms with E-state index in [-0.39, 0.29) is 48.9 Å². The smallest absolute Gasteiger partial charge is 0.549 e. The predicted octanol–water partition coefficient (Wildman–Crippen LogP) is -0.816. The van der Waals surface area contributed by atoms with Crippen LogP contribution in [0.5, 0.6) is 0 Å². The molecule has 0 rings (SSSR count). The zero-order valence-corrected chi connectivity index (χ0v) is 15.3. The first-order chi connectivity index (χ1) is 6.39. The Morgan fingerprint density at radius 2 is 0.938 bits per heavy atom. The number of hydrogen-bond donors (Lipinski definition) is 0. The van der Waals surface area contributed by atoms with E-state index in [1.165, 1.54) is 0 Å². The molecule has 4 nitrogen and oxygen atoms in total. The van der Waals surface area contributed by atoms with Crippen molar-refractivity contribution in [2.45, 2.75) is 41.5 Å². The third kappa shape index (κ3) is 2.85. The van der Waals surface area contributed by atoms with Gasteiger partial charge in [-0.3, -0.25) is 0 Å². The van der Waals surface area contributed by atoms with Crippen LogP contribution in [0.3, 0.4) is 0 Å². The SMILES string of the molecule is CC(C)(C)C(C(=O)[O-])(C(=O)[O-])C(C)(C)C.[Ba+2]. The summed E-state index contributed by atoms with van der Waals surface area (Å²) >= 11 is 0. The molecule has 5 heteroatoms. The van der Waals surface area contributed by atoms with Crippen molar-refractivity contribution in [3.8, 4) is 0 Å². The first kappa shape index (κ1) is 18.9. The molecular weight excluding hydrogens is 333 g/mol. The Morgan fingerprint density at radius 3 is 0.938 bits per heavy atom. The maximum atomic E-state index is 11.2. The van der Waals surface area contributed by atoms with Gasteiger partial charge in [0.2, 0.25) is 0 Å². The van der Waals surface area contributed by atoms with Crippen molar-refractivity contribution in [3.05, 3.63) is 0 Å². The molecule has 0 bridgehead atoms. The Hall–Kier alpha value is 0.511. The van der Waals surface area contributed by atoms with Crippen molar-refractivity contribution in [3.63, 3.8) is 0 Å². The van der Waals surface area contributed by atoms with E-state index in [2.05, 4.69) is 0 Å². The number of carboxylic acids is 2. The monoisotopic (exact) mass is 352 g/mol. The average molecular weight is 352 g/mol. The first-order valence-electron chi connectivity index (χ1n) is 4.82. The summed E-state index contributed by atoms with van der Waals surface area (Å²) in [6.45, 7) is 9.36. The molecule has 0 aliphatic carbocycles. The maximum absolute atomic E-state index is 11.2. The molecule has 0 saturated carbocycles. The van der Waals surface area contributed by atoms with Gasteiger partial charge in [-0.25, -0.2) is 0 Å². The Kier molecular flexibility index (Phi) is 6.41. The third-order valence-corrected chi connectivity index (χ3v) is 2.86. The number of hydrogen-bond acceptors (Lipinski definition) is 4. The van der Waals surface area contributed by atoms with Crippen LogP contribution in [0.2, 0.25) is 0 Å². The van der Waals surface area contributed by atoms with Crippen LogP contribution < -0.4 is 10.2 Å². The summed E-state index contributed by atoms with van der Waals surface area (Å²) < 4.78 is 0. The minimum Gasteiger partial charge on any atom is -0.549 e. The summed E-state index contributed by atoms with van der Waals surface area (Å²) in [4.78, 5) is 22.4. The van der Waals surface area contributed by atoms with Gasteiger partial charge in [-0.05, 0) is 10.8 Å². The molecule has 0 aliphatic rings. The van der Waals surface area contributed by atoms with E-state index in [1.807, 2.05) is 0 Å². The zero-order valence-electron chi connectivity index (χ0n) is 10.8. The van der Waals surface area contributed by atoms with Crippen LogP contribution in [0.1, 0.15) is 41.5 Å². The second kappa shape index (κ2) is 5.44. The van der Waals surface area contributed by atoms with E-state index in [9.17, 15) is 19.8 Å². The summed E-state index contributed by atoms with van der Waals surface area (Å²) in [6, 6.07) is 0. The standard InChI is InChI=1S/C11H20O4.Ba/c1-9(2,3)11(7(12)13,8(14)15)10(4,5)6;/h1-6H3,(H,12,13)(H,14,15);/q;+2/p-2. The second-order valence-electron chi connectivity index (χ2n) is 5.82. The molecule has 0 amide bonds. The molecule has 0 saturated heterocycles. The summed E-state index contributed by atoms with van der Waals surface area (Å²) in [7, 11) is 0. The Bertz CT molecular complexity index is 253. The van der Waals surface area contributed by atoms with Crippen molar-refractivity contribution in [2.75, 3.05) is 0 Å². The molecule has 0 aliphatic heterocycles. The van der Waals surface area contributed by atoms with Crippen LogP contribution in [-0.4, -0.2) is 60.8 Å². The van der Waals surface area contributed by atoms with Gasteiger partial charge in [-0.1, -0.05) is 41.5 Å². The van der Waals surface area contributed by atoms with Crippen LogP contribution in [0, 0.1) is 16.2 Å². The molecule has 0 fully saturated rings. The van der Waals surface area contributed by atoms with Crippen LogP contribution in [0.15, 0.2) is 0 Å². The minimum absolute atomic E-state index is 0. The minimum atomic E-state index is -2.01. The van der Waals surface area contributed by atoms with Crippen LogP contribution >= 0.6 is 0 Å². The number of carboxylic acid groups (broad SMARTS) is 2. The van der Waals surface area contributed by atoms with Crippen LogP contribution in [-0.2, 0) is 9.59 Å². The predicted molar refractivity (Wildman–Crippen MR) is 57.1 cm³/mol. The van der Waals surface area contributed by atoms with Gasteiger partial charge < -0.3 is 19.8 Å². The van der Waals surface area contributed by atoms with E-state index in [4.69, 9.17) is 0 Å². The third-order valence-electron chi connectivity index (χ3n) is 2.86. The van der Waals surface area contributed by atoms with Crippen LogP contribution in [0.25, 0.3) is 0 Å². The summed E-state index contributed by atoms with van der Waals surface area (Å²) in [5, 5.41) is 22.4. The van der Waals surface area contributed by atoms with Crippen molar-refractivity contribution >= 4 is 60.8 Å². The van der Waals surface area contributed by atoms with E-state index in [0.29, 0.717) is 0 Å². The van der Waals surface area contributed by atoms with E-state index < -0.39 is 28.2 Å². The number of rotatable bonds is 2. The molecule has 0 aromatic carbocycles. The second-order valence-corrected chi connectivity index (χ2v) is 5.82. The van der Waals surface area contributed by atoms with Crippen LogP contribution in [0.4, 0.5) is 0 Å². The Morgan fingerprint density at radius 1 is 0.750 bits per heavy atom. The largest absolute Gasteiger partial charge is 2.00 e. The Labute approximate surface area is 137 Å². The van der Waals surface area contributed by atoms with E-state index in [0.717, 1.165) is 0 Å². The van der Waals surface area contributed by atoms with Gasteiger partial charge in [-0.2, -0.15) is 0 Å². The van der Waals surface area contributed by atoms with Gasteiger partial charge in [0.25, 0.3) is 0 Å². The quantitative estimate of drug-likeness (QED) is 0.481. The molecule has 0 spiro atoms.